The van der Waals surface area contributed by atoms with E-state index < -0.39 is 0 Å². The molecule has 1 aromatic carbocycles. The van der Waals surface area contributed by atoms with Crippen LogP contribution in [-0.4, -0.2) is 10.2 Å². The van der Waals surface area contributed by atoms with Crippen molar-refractivity contribution in [2.75, 3.05) is 5.73 Å². The number of thiophene rings is 1. The minimum Gasteiger partial charge on any atom is -0.382 e. The lowest BCUT2D eigenvalue weighted by molar-refractivity contribution is 1.10. The Labute approximate surface area is 109 Å². The number of aromatic amines is 1. The number of aryl methyl sites for hydroxylation is 1. The van der Waals surface area contributed by atoms with Gasteiger partial charge in [-0.3, -0.25) is 5.10 Å². The van der Waals surface area contributed by atoms with Gasteiger partial charge in [-0.25, -0.2) is 0 Å². The van der Waals surface area contributed by atoms with Crippen molar-refractivity contribution < 1.29 is 0 Å². The van der Waals surface area contributed by atoms with Crippen molar-refractivity contribution in [2.45, 2.75) is 6.92 Å². The van der Waals surface area contributed by atoms with Gasteiger partial charge in [0.05, 0.1) is 11.3 Å². The Kier molecular flexibility index (Phi) is 2.64. The SMILES string of the molecule is Cc1ccc(-c2[nH]nc(N)c2-c2cccs2)cc1. The van der Waals surface area contributed by atoms with E-state index >= 15 is 0 Å². The third-order valence-corrected chi connectivity index (χ3v) is 3.79. The molecule has 0 aliphatic rings. The minimum absolute atomic E-state index is 0.549. The summed E-state index contributed by atoms with van der Waals surface area (Å²) in [6.07, 6.45) is 0. The summed E-state index contributed by atoms with van der Waals surface area (Å²) < 4.78 is 0. The average molecular weight is 255 g/mol. The molecule has 2 heterocycles. The summed E-state index contributed by atoms with van der Waals surface area (Å²) in [5.41, 5.74) is 10.3. The molecule has 0 saturated heterocycles. The third-order valence-electron chi connectivity index (χ3n) is 2.90. The standard InChI is InChI=1S/C14H13N3S/c1-9-4-6-10(7-5-9)13-12(14(15)17-16-13)11-3-2-8-18-11/h2-8H,1H3,(H3,15,16,17). The van der Waals surface area contributed by atoms with Gasteiger partial charge in [0, 0.05) is 10.4 Å². The van der Waals surface area contributed by atoms with Gasteiger partial charge in [-0.15, -0.1) is 11.3 Å². The van der Waals surface area contributed by atoms with E-state index in [1.807, 2.05) is 11.4 Å². The molecule has 90 valence electrons. The van der Waals surface area contributed by atoms with E-state index in [4.69, 9.17) is 5.73 Å². The Bertz CT molecular complexity index is 651. The van der Waals surface area contributed by atoms with Crippen molar-refractivity contribution in [3.63, 3.8) is 0 Å². The van der Waals surface area contributed by atoms with E-state index in [0.717, 1.165) is 21.7 Å². The minimum atomic E-state index is 0.549. The second-order valence-corrected chi connectivity index (χ2v) is 5.15. The number of nitrogens with two attached hydrogens (primary N) is 1. The van der Waals surface area contributed by atoms with Crippen LogP contribution < -0.4 is 5.73 Å². The first-order chi connectivity index (χ1) is 8.75. The number of anilines is 1. The molecule has 4 heteroatoms. The first-order valence-electron chi connectivity index (χ1n) is 5.70. The van der Waals surface area contributed by atoms with Crippen LogP contribution in [0.15, 0.2) is 41.8 Å². The van der Waals surface area contributed by atoms with Crippen molar-refractivity contribution in [3.05, 3.63) is 47.3 Å². The smallest absolute Gasteiger partial charge is 0.154 e. The summed E-state index contributed by atoms with van der Waals surface area (Å²) >= 11 is 1.67. The first kappa shape index (κ1) is 11.0. The van der Waals surface area contributed by atoms with Crippen LogP contribution in [0.1, 0.15) is 5.56 Å². The summed E-state index contributed by atoms with van der Waals surface area (Å²) in [5, 5.41) is 9.20. The molecule has 0 amide bonds. The molecule has 0 spiro atoms. The lowest BCUT2D eigenvalue weighted by atomic mass is 10.1. The molecule has 0 fully saturated rings. The zero-order valence-electron chi connectivity index (χ0n) is 9.97. The quantitative estimate of drug-likeness (QED) is 0.733. The van der Waals surface area contributed by atoms with Crippen LogP contribution in [0.2, 0.25) is 0 Å². The van der Waals surface area contributed by atoms with Crippen LogP contribution in [-0.2, 0) is 0 Å². The number of nitrogens with zero attached hydrogens (tertiary/aromatic N) is 1. The zero-order chi connectivity index (χ0) is 12.5. The van der Waals surface area contributed by atoms with E-state index in [-0.39, 0.29) is 0 Å². The largest absolute Gasteiger partial charge is 0.382 e. The van der Waals surface area contributed by atoms with Gasteiger partial charge in [0.1, 0.15) is 0 Å². The van der Waals surface area contributed by atoms with Crippen molar-refractivity contribution in [1.82, 2.24) is 10.2 Å². The number of H-pyrrole nitrogens is 1. The maximum absolute atomic E-state index is 5.96. The summed E-state index contributed by atoms with van der Waals surface area (Å²) in [6.45, 7) is 2.07. The fraction of sp³-hybridized carbons (Fsp3) is 0.0714. The van der Waals surface area contributed by atoms with Gasteiger partial charge in [-0.05, 0) is 18.4 Å². The van der Waals surface area contributed by atoms with E-state index in [1.165, 1.54) is 5.56 Å². The average Bonchev–Trinajstić information content (AvgIpc) is 2.99. The van der Waals surface area contributed by atoms with Gasteiger partial charge in [0.15, 0.2) is 5.82 Å². The van der Waals surface area contributed by atoms with Crippen molar-refractivity contribution in [2.24, 2.45) is 0 Å². The normalized spacial score (nSPS) is 10.7. The monoisotopic (exact) mass is 255 g/mol. The Morgan fingerprint density at radius 3 is 2.61 bits per heavy atom. The Balaban J connectivity index is 2.16. The molecule has 0 atom stereocenters. The van der Waals surface area contributed by atoms with Crippen LogP contribution >= 0.6 is 11.3 Å². The lowest BCUT2D eigenvalue weighted by Gasteiger charge is -2.02. The van der Waals surface area contributed by atoms with Crippen LogP contribution in [0, 0.1) is 6.92 Å². The van der Waals surface area contributed by atoms with Gasteiger partial charge in [-0.1, -0.05) is 35.9 Å². The molecular weight excluding hydrogens is 242 g/mol. The van der Waals surface area contributed by atoms with Crippen molar-refractivity contribution in [3.8, 4) is 21.7 Å². The van der Waals surface area contributed by atoms with Crippen molar-refractivity contribution in [1.29, 1.82) is 0 Å². The van der Waals surface area contributed by atoms with Crippen LogP contribution in [0.25, 0.3) is 21.7 Å². The van der Waals surface area contributed by atoms with E-state index in [1.54, 1.807) is 11.3 Å². The lowest BCUT2D eigenvalue weighted by Crippen LogP contribution is -1.87. The maximum atomic E-state index is 5.96. The highest BCUT2D eigenvalue weighted by atomic mass is 32.1. The summed E-state index contributed by atoms with van der Waals surface area (Å²) in [4.78, 5) is 1.14. The molecule has 18 heavy (non-hydrogen) atoms. The second-order valence-electron chi connectivity index (χ2n) is 4.20. The topological polar surface area (TPSA) is 54.7 Å². The number of hydrogen-bond donors (Lipinski definition) is 2. The molecule has 0 saturated carbocycles. The molecule has 0 aliphatic heterocycles. The van der Waals surface area contributed by atoms with Gasteiger partial charge in [0.2, 0.25) is 0 Å². The fourth-order valence-electron chi connectivity index (χ4n) is 1.96. The summed E-state index contributed by atoms with van der Waals surface area (Å²) in [6, 6.07) is 12.4. The van der Waals surface area contributed by atoms with Gasteiger partial charge in [0.25, 0.3) is 0 Å². The molecular formula is C14H13N3S. The predicted molar refractivity (Wildman–Crippen MR) is 76.5 cm³/mol. The predicted octanol–water partition coefficient (Wildman–Crippen LogP) is 3.70. The fourth-order valence-corrected chi connectivity index (χ4v) is 2.74. The maximum Gasteiger partial charge on any atom is 0.154 e. The second kappa shape index (κ2) is 4.31. The number of hydrogen-bond acceptors (Lipinski definition) is 3. The van der Waals surface area contributed by atoms with Crippen LogP contribution in [0.3, 0.4) is 0 Å². The number of aromatic nitrogens is 2. The van der Waals surface area contributed by atoms with E-state index in [9.17, 15) is 0 Å². The first-order valence-corrected chi connectivity index (χ1v) is 6.58. The zero-order valence-corrected chi connectivity index (χ0v) is 10.8. The summed E-state index contributed by atoms with van der Waals surface area (Å²) in [7, 11) is 0. The highest BCUT2D eigenvalue weighted by molar-refractivity contribution is 7.13. The number of benzene rings is 1. The molecule has 0 radical (unpaired) electrons. The molecule has 0 aliphatic carbocycles. The van der Waals surface area contributed by atoms with Gasteiger partial charge >= 0.3 is 0 Å². The Morgan fingerprint density at radius 2 is 1.94 bits per heavy atom. The number of nitrogen functional groups attached to an aromatic ring is 1. The molecule has 3 rings (SSSR count). The van der Waals surface area contributed by atoms with Gasteiger partial charge < -0.3 is 5.73 Å². The highest BCUT2D eigenvalue weighted by Gasteiger charge is 2.15. The Morgan fingerprint density at radius 1 is 1.17 bits per heavy atom. The summed E-state index contributed by atoms with van der Waals surface area (Å²) in [5.74, 6) is 0.549. The van der Waals surface area contributed by atoms with Crippen LogP contribution in [0.4, 0.5) is 5.82 Å². The molecule has 0 unspecified atom stereocenters. The van der Waals surface area contributed by atoms with E-state index in [0.29, 0.717) is 5.82 Å². The molecule has 0 bridgehead atoms. The number of rotatable bonds is 2. The molecule has 3 nitrogen and oxygen atoms in total. The Hall–Kier alpha value is -2.07. The number of nitrogens with one attached hydrogen (secondary N) is 1. The molecule has 3 N–H and O–H groups in total. The van der Waals surface area contributed by atoms with E-state index in [2.05, 4.69) is 47.5 Å². The van der Waals surface area contributed by atoms with Gasteiger partial charge in [-0.2, -0.15) is 5.10 Å². The highest BCUT2D eigenvalue weighted by Crippen LogP contribution is 2.36. The molecule has 2 aromatic heterocycles. The molecule has 3 aromatic rings. The van der Waals surface area contributed by atoms with Crippen LogP contribution in [0.5, 0.6) is 0 Å². The third kappa shape index (κ3) is 1.80. The van der Waals surface area contributed by atoms with Crippen molar-refractivity contribution >= 4 is 17.2 Å².